The first-order valence-corrected chi connectivity index (χ1v) is 8.87. The Labute approximate surface area is 127 Å². The standard InChI is InChI=1S/C11H15F6O3PS/c1-4-19-21(18,20-5-2)7-8(22-6-3)10(14,15)11(16,17)9(7,12)13/h4-6H2,1-3H3. The molecule has 0 aliphatic heterocycles. The van der Waals surface area contributed by atoms with E-state index in [-0.39, 0.29) is 17.5 Å². The van der Waals surface area contributed by atoms with Gasteiger partial charge in [-0.15, -0.1) is 11.8 Å². The van der Waals surface area contributed by atoms with Crippen LogP contribution in [-0.4, -0.2) is 36.7 Å². The van der Waals surface area contributed by atoms with E-state index < -0.39 is 48.8 Å². The molecule has 0 fully saturated rings. The van der Waals surface area contributed by atoms with E-state index in [9.17, 15) is 30.9 Å². The number of hydrogen-bond donors (Lipinski definition) is 0. The molecule has 0 N–H and O–H groups in total. The van der Waals surface area contributed by atoms with Crippen LogP contribution in [0.2, 0.25) is 0 Å². The van der Waals surface area contributed by atoms with Gasteiger partial charge in [-0.3, -0.25) is 4.57 Å². The van der Waals surface area contributed by atoms with Gasteiger partial charge >= 0.3 is 25.4 Å². The Morgan fingerprint density at radius 3 is 1.77 bits per heavy atom. The zero-order valence-electron chi connectivity index (χ0n) is 12.0. The lowest BCUT2D eigenvalue weighted by Crippen LogP contribution is -2.49. The molecule has 0 heterocycles. The van der Waals surface area contributed by atoms with Crippen LogP contribution in [0.15, 0.2) is 10.2 Å². The van der Waals surface area contributed by atoms with E-state index in [1.54, 1.807) is 0 Å². The van der Waals surface area contributed by atoms with Crippen LogP contribution in [0.5, 0.6) is 0 Å². The van der Waals surface area contributed by atoms with E-state index in [1.807, 2.05) is 0 Å². The van der Waals surface area contributed by atoms with E-state index in [2.05, 4.69) is 9.05 Å². The second-order valence-electron chi connectivity index (χ2n) is 4.17. The number of alkyl halides is 6. The molecule has 0 radical (unpaired) electrons. The first-order chi connectivity index (χ1) is 9.94. The van der Waals surface area contributed by atoms with Crippen molar-refractivity contribution in [1.82, 2.24) is 0 Å². The Balaban J connectivity index is 3.67. The monoisotopic (exact) mass is 372 g/mol. The lowest BCUT2D eigenvalue weighted by atomic mass is 10.2. The summed E-state index contributed by atoms with van der Waals surface area (Å²) in [5.74, 6) is -16.4. The summed E-state index contributed by atoms with van der Waals surface area (Å²) in [6, 6.07) is 0. The van der Waals surface area contributed by atoms with E-state index >= 15 is 0 Å². The number of hydrogen-bond acceptors (Lipinski definition) is 4. The Morgan fingerprint density at radius 1 is 0.955 bits per heavy atom. The molecule has 11 heteroatoms. The average molecular weight is 372 g/mol. The van der Waals surface area contributed by atoms with Gasteiger partial charge in [-0.1, -0.05) is 6.92 Å². The molecule has 22 heavy (non-hydrogen) atoms. The number of rotatable bonds is 7. The van der Waals surface area contributed by atoms with E-state index in [0.717, 1.165) is 0 Å². The molecule has 1 rings (SSSR count). The van der Waals surface area contributed by atoms with Crippen molar-refractivity contribution in [3.63, 3.8) is 0 Å². The van der Waals surface area contributed by atoms with Gasteiger partial charge in [0.25, 0.3) is 0 Å². The second kappa shape index (κ2) is 6.37. The van der Waals surface area contributed by atoms with Gasteiger partial charge < -0.3 is 9.05 Å². The van der Waals surface area contributed by atoms with Crippen LogP contribution in [0.1, 0.15) is 20.8 Å². The summed E-state index contributed by atoms with van der Waals surface area (Å²) in [6.45, 7) is 2.95. The molecule has 0 saturated heterocycles. The number of halogens is 6. The molecule has 0 spiro atoms. The first kappa shape index (κ1) is 19.9. The highest BCUT2D eigenvalue weighted by Crippen LogP contribution is 2.73. The number of allylic oxidation sites excluding steroid dienone is 2. The average Bonchev–Trinajstić information content (AvgIpc) is 2.47. The Kier molecular flexibility index (Phi) is 5.76. The molecule has 3 nitrogen and oxygen atoms in total. The first-order valence-electron chi connectivity index (χ1n) is 6.35. The molecular formula is C11H15F6O3PS. The van der Waals surface area contributed by atoms with Gasteiger partial charge in [-0.25, -0.2) is 0 Å². The predicted octanol–water partition coefficient (Wildman–Crippen LogP) is 5.14. The molecule has 0 atom stereocenters. The molecule has 1 aliphatic carbocycles. The summed E-state index contributed by atoms with van der Waals surface area (Å²) in [7, 11) is -4.99. The highest BCUT2D eigenvalue weighted by molar-refractivity contribution is 8.03. The van der Waals surface area contributed by atoms with Crippen molar-refractivity contribution >= 4 is 19.4 Å². The minimum absolute atomic E-state index is 0.0745. The molecule has 0 amide bonds. The van der Waals surface area contributed by atoms with Crippen molar-refractivity contribution in [2.45, 2.75) is 38.5 Å². The Bertz CT molecular complexity index is 498. The van der Waals surface area contributed by atoms with Crippen LogP contribution < -0.4 is 0 Å². The highest BCUT2D eigenvalue weighted by atomic mass is 32.2. The zero-order valence-corrected chi connectivity index (χ0v) is 13.7. The van der Waals surface area contributed by atoms with E-state index in [0.29, 0.717) is 0 Å². The lowest BCUT2D eigenvalue weighted by Gasteiger charge is -2.27. The zero-order chi connectivity index (χ0) is 17.4. The molecule has 0 bridgehead atoms. The van der Waals surface area contributed by atoms with Gasteiger partial charge in [0, 0.05) is 0 Å². The minimum atomic E-state index is -5.71. The smallest absolute Gasteiger partial charge is 0.306 e. The fourth-order valence-electron chi connectivity index (χ4n) is 1.89. The molecule has 0 aromatic carbocycles. The van der Waals surface area contributed by atoms with Gasteiger partial charge in [0.05, 0.1) is 18.1 Å². The maximum Gasteiger partial charge on any atom is 0.381 e. The van der Waals surface area contributed by atoms with Crippen molar-refractivity contribution in [3.8, 4) is 0 Å². The third-order valence-electron chi connectivity index (χ3n) is 2.75. The third-order valence-corrected chi connectivity index (χ3v) is 6.18. The summed E-state index contributed by atoms with van der Waals surface area (Å²) >= 11 is 0.0745. The van der Waals surface area contributed by atoms with Crippen molar-refractivity contribution in [1.29, 1.82) is 0 Å². The maximum atomic E-state index is 14.0. The third kappa shape index (κ3) is 2.72. The number of thioether (sulfide) groups is 1. The summed E-state index contributed by atoms with van der Waals surface area (Å²) in [6.07, 6.45) is 0. The fourth-order valence-corrected chi connectivity index (χ4v) is 5.16. The van der Waals surface area contributed by atoms with Gasteiger partial charge in [0.2, 0.25) is 0 Å². The van der Waals surface area contributed by atoms with E-state index in [1.165, 1.54) is 20.8 Å². The molecule has 0 aromatic heterocycles. The molecule has 130 valence electrons. The van der Waals surface area contributed by atoms with Crippen molar-refractivity contribution in [2.24, 2.45) is 0 Å². The Hall–Kier alpha value is -0.180. The topological polar surface area (TPSA) is 35.5 Å². The maximum absolute atomic E-state index is 14.0. The predicted molar refractivity (Wildman–Crippen MR) is 70.9 cm³/mol. The highest BCUT2D eigenvalue weighted by Gasteiger charge is 2.83. The summed E-state index contributed by atoms with van der Waals surface area (Å²) in [5, 5.41) is -1.94. The molecule has 0 unspecified atom stereocenters. The quantitative estimate of drug-likeness (QED) is 0.458. The minimum Gasteiger partial charge on any atom is -0.306 e. The van der Waals surface area contributed by atoms with Gasteiger partial charge in [-0.2, -0.15) is 26.3 Å². The van der Waals surface area contributed by atoms with Gasteiger partial charge in [0.1, 0.15) is 5.31 Å². The van der Waals surface area contributed by atoms with Crippen molar-refractivity contribution in [3.05, 3.63) is 10.2 Å². The second-order valence-corrected chi connectivity index (χ2v) is 7.40. The van der Waals surface area contributed by atoms with Crippen LogP contribution >= 0.6 is 19.4 Å². The van der Waals surface area contributed by atoms with Crippen molar-refractivity contribution < 1.29 is 40.0 Å². The Morgan fingerprint density at radius 2 is 1.41 bits per heavy atom. The summed E-state index contributed by atoms with van der Waals surface area (Å²) in [5.41, 5.74) is 0. The molecule has 1 aliphatic rings. The molecular weight excluding hydrogens is 357 g/mol. The molecule has 0 aromatic rings. The van der Waals surface area contributed by atoms with Crippen LogP contribution in [0, 0.1) is 0 Å². The molecule has 0 saturated carbocycles. The van der Waals surface area contributed by atoms with Gasteiger partial charge in [-0.05, 0) is 19.6 Å². The normalized spacial score (nSPS) is 23.1. The SMILES string of the molecule is CCOP(=O)(OCC)C1=C(SCC)C(F)(F)C(F)(F)C1(F)F. The largest absolute Gasteiger partial charge is 0.381 e. The van der Waals surface area contributed by atoms with Crippen LogP contribution in [0.4, 0.5) is 26.3 Å². The summed E-state index contributed by atoms with van der Waals surface area (Å²) < 4.78 is 104. The summed E-state index contributed by atoms with van der Waals surface area (Å²) in [4.78, 5) is -1.64. The van der Waals surface area contributed by atoms with Gasteiger partial charge in [0.15, 0.2) is 0 Å². The van der Waals surface area contributed by atoms with E-state index in [4.69, 9.17) is 0 Å². The van der Waals surface area contributed by atoms with Crippen LogP contribution in [0.25, 0.3) is 0 Å². The fraction of sp³-hybridized carbons (Fsp3) is 0.818. The van der Waals surface area contributed by atoms with Crippen LogP contribution in [0.3, 0.4) is 0 Å². The lowest BCUT2D eigenvalue weighted by molar-refractivity contribution is -0.262. The van der Waals surface area contributed by atoms with Crippen molar-refractivity contribution in [2.75, 3.05) is 19.0 Å². The van der Waals surface area contributed by atoms with Crippen LogP contribution in [-0.2, 0) is 13.6 Å².